The summed E-state index contributed by atoms with van der Waals surface area (Å²) in [5, 5.41) is 7.70. The maximum Gasteiger partial charge on any atom is 0.416 e. The molecule has 0 bridgehead atoms. The van der Waals surface area contributed by atoms with Crippen molar-refractivity contribution >= 4 is 12.2 Å². The van der Waals surface area contributed by atoms with E-state index in [0.29, 0.717) is 17.5 Å². The number of nitrogens with zero attached hydrogens (tertiary/aromatic N) is 5. The quantitative estimate of drug-likeness (QED) is 0.214. The highest BCUT2D eigenvalue weighted by Gasteiger charge is 2.30. The third kappa shape index (κ3) is 6.98. The van der Waals surface area contributed by atoms with Crippen LogP contribution in [0.15, 0.2) is 59.6 Å². The summed E-state index contributed by atoms with van der Waals surface area (Å²) in [6.45, 7) is 0.945. The Kier molecular flexibility index (Phi) is 7.54. The van der Waals surface area contributed by atoms with Gasteiger partial charge in [0.2, 0.25) is 5.89 Å². The smallest absolute Gasteiger partial charge is 0.416 e. The summed E-state index contributed by atoms with van der Waals surface area (Å²) in [5.74, 6) is -0.247. The molecule has 3 aromatic heterocycles. The number of oxazole rings is 1. The summed E-state index contributed by atoms with van der Waals surface area (Å²) in [6, 6.07) is 6.05. The predicted molar refractivity (Wildman–Crippen MR) is 118 cm³/mol. The average Bonchev–Trinajstić information content (AvgIpc) is 3.52. The molecule has 7 nitrogen and oxygen atoms in total. The van der Waals surface area contributed by atoms with E-state index in [9.17, 15) is 17.6 Å². The van der Waals surface area contributed by atoms with Crippen LogP contribution in [0, 0.1) is 5.82 Å². The zero-order valence-corrected chi connectivity index (χ0v) is 18.5. The van der Waals surface area contributed by atoms with Crippen molar-refractivity contribution in [2.45, 2.75) is 38.6 Å². The Morgan fingerprint density at radius 2 is 1.94 bits per heavy atom. The van der Waals surface area contributed by atoms with Gasteiger partial charge in [-0.25, -0.2) is 9.37 Å². The maximum atomic E-state index is 13.9. The summed E-state index contributed by atoms with van der Waals surface area (Å²) in [6.07, 6.45) is 7.36. The molecule has 1 aromatic carbocycles. The molecule has 0 atom stereocenters. The van der Waals surface area contributed by atoms with E-state index in [4.69, 9.17) is 9.15 Å². The number of aromatic nitrogens is 5. The number of hydrogen-bond donors (Lipinski definition) is 0. The lowest BCUT2D eigenvalue weighted by molar-refractivity contribution is -0.137. The van der Waals surface area contributed by atoms with E-state index >= 15 is 0 Å². The van der Waals surface area contributed by atoms with Crippen molar-refractivity contribution in [3.8, 4) is 5.75 Å². The molecular weight excluding hydrogens is 466 g/mol. The van der Waals surface area contributed by atoms with Gasteiger partial charge in [-0.2, -0.15) is 13.2 Å². The molecule has 0 aliphatic heterocycles. The summed E-state index contributed by atoms with van der Waals surface area (Å²) in [5.41, 5.74) is 0.391. The molecule has 0 unspecified atom stereocenters. The summed E-state index contributed by atoms with van der Waals surface area (Å²) < 4.78 is 64.6. The normalized spacial score (nSPS) is 11.9. The van der Waals surface area contributed by atoms with Gasteiger partial charge < -0.3 is 9.15 Å². The van der Waals surface area contributed by atoms with Crippen LogP contribution in [0.25, 0.3) is 12.2 Å². The van der Waals surface area contributed by atoms with Crippen molar-refractivity contribution in [3.63, 3.8) is 0 Å². The molecule has 0 spiro atoms. The third-order valence-corrected chi connectivity index (χ3v) is 5.03. The number of benzene rings is 1. The molecule has 0 amide bonds. The predicted octanol–water partition coefficient (Wildman–Crippen LogP) is 5.59. The van der Waals surface area contributed by atoms with Gasteiger partial charge in [0, 0.05) is 30.1 Å². The van der Waals surface area contributed by atoms with Gasteiger partial charge in [0.1, 0.15) is 30.1 Å². The van der Waals surface area contributed by atoms with Crippen LogP contribution < -0.4 is 4.74 Å². The highest BCUT2D eigenvalue weighted by atomic mass is 19.4. The minimum Gasteiger partial charge on any atom is -0.486 e. The second-order valence-electron chi connectivity index (χ2n) is 7.64. The second-order valence-corrected chi connectivity index (χ2v) is 7.64. The number of rotatable bonds is 10. The first-order valence-corrected chi connectivity index (χ1v) is 10.8. The van der Waals surface area contributed by atoms with E-state index in [-0.39, 0.29) is 18.1 Å². The van der Waals surface area contributed by atoms with E-state index in [1.807, 2.05) is 18.3 Å². The lowest BCUT2D eigenvalue weighted by atomic mass is 10.1. The van der Waals surface area contributed by atoms with Gasteiger partial charge in [-0.15, -0.1) is 5.10 Å². The lowest BCUT2D eigenvalue weighted by Crippen LogP contribution is -2.05. The largest absolute Gasteiger partial charge is 0.486 e. The van der Waals surface area contributed by atoms with Crippen LogP contribution in [-0.4, -0.2) is 25.0 Å². The molecule has 0 radical (unpaired) electrons. The van der Waals surface area contributed by atoms with Crippen LogP contribution in [0.5, 0.6) is 5.75 Å². The monoisotopic (exact) mass is 487 g/mol. The molecule has 0 saturated carbocycles. The van der Waals surface area contributed by atoms with Crippen LogP contribution in [0.2, 0.25) is 0 Å². The Hall–Kier alpha value is -4.02. The van der Waals surface area contributed by atoms with Crippen LogP contribution >= 0.6 is 0 Å². The highest BCUT2D eigenvalue weighted by molar-refractivity contribution is 5.66. The SMILES string of the molecule is Fc1cc(C(F)(F)F)ccc1/C=C/c1nc(COc2ccc(CCCCn3ccnn3)nc2)co1. The van der Waals surface area contributed by atoms with Crippen LogP contribution in [-0.2, 0) is 25.7 Å². The van der Waals surface area contributed by atoms with Gasteiger partial charge in [-0.05, 0) is 49.6 Å². The zero-order valence-electron chi connectivity index (χ0n) is 18.5. The first-order valence-electron chi connectivity index (χ1n) is 10.8. The van der Waals surface area contributed by atoms with Gasteiger partial charge in [0.25, 0.3) is 0 Å². The minimum atomic E-state index is -4.60. The minimum absolute atomic E-state index is 0.0152. The van der Waals surface area contributed by atoms with Crippen molar-refractivity contribution in [2.75, 3.05) is 0 Å². The molecule has 35 heavy (non-hydrogen) atoms. The van der Waals surface area contributed by atoms with Crippen LogP contribution in [0.1, 0.15) is 41.2 Å². The number of ether oxygens (including phenoxy) is 1. The van der Waals surface area contributed by atoms with E-state index in [0.717, 1.165) is 43.6 Å². The van der Waals surface area contributed by atoms with Gasteiger partial charge in [-0.3, -0.25) is 9.67 Å². The number of pyridine rings is 1. The van der Waals surface area contributed by atoms with Gasteiger partial charge in [0.15, 0.2) is 0 Å². The van der Waals surface area contributed by atoms with Crippen molar-refractivity contribution in [1.82, 2.24) is 25.0 Å². The average molecular weight is 487 g/mol. The number of unbranched alkanes of at least 4 members (excludes halogenated alkanes) is 1. The topological polar surface area (TPSA) is 78.9 Å². The van der Waals surface area contributed by atoms with Crippen molar-refractivity contribution < 1.29 is 26.7 Å². The van der Waals surface area contributed by atoms with Crippen molar-refractivity contribution in [2.24, 2.45) is 0 Å². The molecule has 4 rings (SSSR count). The molecule has 0 aliphatic carbocycles. The Balaban J connectivity index is 1.24. The third-order valence-electron chi connectivity index (χ3n) is 5.03. The molecule has 0 aliphatic rings. The van der Waals surface area contributed by atoms with E-state index in [1.165, 1.54) is 18.4 Å². The summed E-state index contributed by atoms with van der Waals surface area (Å²) in [7, 11) is 0. The number of hydrogen-bond acceptors (Lipinski definition) is 6. The summed E-state index contributed by atoms with van der Waals surface area (Å²) >= 11 is 0. The molecule has 0 fully saturated rings. The van der Waals surface area contributed by atoms with E-state index < -0.39 is 17.6 Å². The fourth-order valence-electron chi connectivity index (χ4n) is 3.20. The molecule has 182 valence electrons. The highest BCUT2D eigenvalue weighted by Crippen LogP contribution is 2.30. The van der Waals surface area contributed by atoms with Gasteiger partial charge in [0.05, 0.1) is 18.0 Å². The first kappa shape index (κ1) is 24.1. The Morgan fingerprint density at radius 1 is 1.06 bits per heavy atom. The van der Waals surface area contributed by atoms with Crippen LogP contribution in [0.4, 0.5) is 17.6 Å². The fourth-order valence-corrected chi connectivity index (χ4v) is 3.20. The molecule has 3 heterocycles. The Bertz CT molecular complexity index is 1250. The fraction of sp³-hybridized carbons (Fsp3) is 0.250. The summed E-state index contributed by atoms with van der Waals surface area (Å²) in [4.78, 5) is 8.61. The van der Waals surface area contributed by atoms with E-state index in [1.54, 1.807) is 17.1 Å². The number of halogens is 4. The molecule has 4 aromatic rings. The van der Waals surface area contributed by atoms with Crippen LogP contribution in [0.3, 0.4) is 0 Å². The maximum absolute atomic E-state index is 13.9. The number of alkyl halides is 3. The van der Waals surface area contributed by atoms with Gasteiger partial charge >= 0.3 is 6.18 Å². The molecule has 11 heteroatoms. The molecule has 0 saturated heterocycles. The second kappa shape index (κ2) is 10.9. The Morgan fingerprint density at radius 3 is 2.66 bits per heavy atom. The first-order chi connectivity index (χ1) is 16.9. The zero-order chi connectivity index (χ0) is 24.7. The van der Waals surface area contributed by atoms with Crippen molar-refractivity contribution in [3.05, 3.63) is 89.4 Å². The molecular formula is C24H21F4N5O2. The Labute approximate surface area is 198 Å². The van der Waals surface area contributed by atoms with Crippen molar-refractivity contribution in [1.29, 1.82) is 0 Å². The van der Waals surface area contributed by atoms with E-state index in [2.05, 4.69) is 20.3 Å². The molecule has 0 N–H and O–H groups in total. The number of aryl methyl sites for hydroxylation is 2. The standard InChI is InChI=1S/C24H21F4N5O2/c25-22-13-18(24(26,27)28)6-4-17(22)5-9-23-31-20(16-35-23)15-34-21-8-7-19(29-14-21)3-1-2-11-33-12-10-30-32-33/h4-10,12-14,16H,1-3,11,15H2/b9-5+. The van der Waals surface area contributed by atoms with Gasteiger partial charge in [-0.1, -0.05) is 11.3 Å². The lowest BCUT2D eigenvalue weighted by Gasteiger charge is -2.07.